The number of rotatable bonds is 1. The number of Topliss-reactive ketones (excluding diaryl/α,β-unsaturated/α-hetero) is 1. The van der Waals surface area contributed by atoms with Gasteiger partial charge >= 0.3 is 0 Å². The molecule has 3 nitrogen and oxygen atoms in total. The number of allylic oxidation sites excluding steroid dienone is 2. The fraction of sp³-hybridized carbons (Fsp3) is 0.308. The first-order valence-electron chi connectivity index (χ1n) is 10.4. The quantitative estimate of drug-likeness (QED) is 0.343. The van der Waals surface area contributed by atoms with Crippen molar-refractivity contribution in [3.8, 4) is 11.3 Å². The number of ketones is 1. The van der Waals surface area contributed by atoms with Gasteiger partial charge in [0, 0.05) is 44.7 Å². The molecule has 1 heterocycles. The maximum atomic E-state index is 11.4. The summed E-state index contributed by atoms with van der Waals surface area (Å²) in [5.74, 6) is 0.972. The van der Waals surface area contributed by atoms with Gasteiger partial charge in [-0.15, -0.1) is 35.9 Å². The Morgan fingerprint density at radius 2 is 1.70 bits per heavy atom. The molecule has 0 bridgehead atoms. The standard InChI is InChI=1S/C16H12N.C10H14O2.Ir/c1-12-11-17-16(13-7-3-2-4-8-13)15-10-6-5-9-14(12)15;11-8-5-1-3-7-4-2-6-9(12)10(7)8;/h2-7,9-11H,1H3;7,11H,1-6H2;/q-1;;. The van der Waals surface area contributed by atoms with Crippen LogP contribution in [-0.4, -0.2) is 15.9 Å². The number of aryl methyl sites for hydroxylation is 1. The Morgan fingerprint density at radius 1 is 1.00 bits per heavy atom. The molecular formula is C26H26IrNO2-. The van der Waals surface area contributed by atoms with E-state index in [-0.39, 0.29) is 25.9 Å². The molecule has 1 radical (unpaired) electrons. The molecule has 30 heavy (non-hydrogen) atoms. The predicted molar refractivity (Wildman–Crippen MR) is 117 cm³/mol. The van der Waals surface area contributed by atoms with E-state index in [0.29, 0.717) is 18.1 Å². The van der Waals surface area contributed by atoms with Crippen LogP contribution in [-0.2, 0) is 24.9 Å². The van der Waals surface area contributed by atoms with Gasteiger partial charge in [0.25, 0.3) is 0 Å². The summed E-state index contributed by atoms with van der Waals surface area (Å²) >= 11 is 0. The van der Waals surface area contributed by atoms with Crippen molar-refractivity contribution in [2.45, 2.75) is 45.4 Å². The summed E-state index contributed by atoms with van der Waals surface area (Å²) in [5, 5.41) is 12.0. The van der Waals surface area contributed by atoms with Crippen molar-refractivity contribution in [3.05, 3.63) is 77.7 Å². The second kappa shape index (κ2) is 10.1. The van der Waals surface area contributed by atoms with Crippen LogP contribution < -0.4 is 0 Å². The Labute approximate surface area is 191 Å². The Morgan fingerprint density at radius 3 is 2.40 bits per heavy atom. The number of hydrogen-bond donors (Lipinski definition) is 1. The number of aliphatic hydroxyl groups excluding tert-OH is 1. The third-order valence-corrected chi connectivity index (χ3v) is 5.90. The summed E-state index contributed by atoms with van der Waals surface area (Å²) in [5.41, 5.74) is 4.03. The van der Waals surface area contributed by atoms with E-state index < -0.39 is 0 Å². The number of carbonyl (C=O) groups is 1. The Balaban J connectivity index is 0.000000175. The second-order valence-electron chi connectivity index (χ2n) is 7.88. The molecule has 2 aromatic carbocycles. The summed E-state index contributed by atoms with van der Waals surface area (Å²) < 4.78 is 0. The van der Waals surface area contributed by atoms with Gasteiger partial charge in [-0.25, -0.2) is 0 Å². The number of aliphatic hydroxyl groups is 1. The number of aromatic nitrogens is 1. The Bertz CT molecular complexity index is 1060. The van der Waals surface area contributed by atoms with Crippen LogP contribution >= 0.6 is 0 Å². The van der Waals surface area contributed by atoms with Gasteiger partial charge in [-0.05, 0) is 60.6 Å². The van der Waals surface area contributed by atoms with Gasteiger partial charge < -0.3 is 10.1 Å². The van der Waals surface area contributed by atoms with Gasteiger partial charge in [0.15, 0.2) is 5.78 Å². The molecule has 1 saturated carbocycles. The van der Waals surface area contributed by atoms with Crippen LogP contribution in [0.25, 0.3) is 22.0 Å². The first-order chi connectivity index (χ1) is 14.1. The number of benzene rings is 2. The van der Waals surface area contributed by atoms with Crippen LogP contribution in [0.2, 0.25) is 0 Å². The van der Waals surface area contributed by atoms with Crippen molar-refractivity contribution in [1.29, 1.82) is 0 Å². The van der Waals surface area contributed by atoms with E-state index in [1.54, 1.807) is 0 Å². The second-order valence-corrected chi connectivity index (χ2v) is 7.88. The molecule has 5 rings (SSSR count). The van der Waals surface area contributed by atoms with E-state index in [0.717, 1.165) is 48.9 Å². The topological polar surface area (TPSA) is 50.2 Å². The molecule has 0 amide bonds. The van der Waals surface area contributed by atoms with Crippen LogP contribution in [0.1, 0.15) is 44.1 Å². The van der Waals surface area contributed by atoms with Crippen molar-refractivity contribution in [2.24, 2.45) is 5.92 Å². The molecule has 4 heteroatoms. The smallest absolute Gasteiger partial charge is 0.162 e. The molecule has 2 aliphatic rings. The van der Waals surface area contributed by atoms with E-state index in [2.05, 4.69) is 42.2 Å². The van der Waals surface area contributed by atoms with Gasteiger partial charge in [-0.2, -0.15) is 0 Å². The van der Waals surface area contributed by atoms with E-state index >= 15 is 0 Å². The zero-order valence-electron chi connectivity index (χ0n) is 17.2. The normalized spacial score (nSPS) is 18.2. The molecular weight excluding hydrogens is 551 g/mol. The number of nitrogens with zero attached hydrogens (tertiary/aromatic N) is 1. The van der Waals surface area contributed by atoms with Gasteiger partial charge in [0.05, 0.1) is 5.76 Å². The Hall–Kier alpha value is -2.29. The van der Waals surface area contributed by atoms with Gasteiger partial charge in [0.2, 0.25) is 0 Å². The van der Waals surface area contributed by atoms with Crippen molar-refractivity contribution >= 4 is 16.6 Å². The minimum atomic E-state index is 0. The van der Waals surface area contributed by atoms with E-state index in [4.69, 9.17) is 0 Å². The number of pyridine rings is 1. The van der Waals surface area contributed by atoms with E-state index in [1.165, 1.54) is 16.3 Å². The molecule has 1 unspecified atom stereocenters. The SMILES string of the molecule is Cc1cnc(-c2[c-]cccc2)c2ccccc12.O=C1CCCC2CCCC(O)=C12.[Ir]. The molecule has 3 aromatic rings. The minimum absolute atomic E-state index is 0. The van der Waals surface area contributed by atoms with Crippen molar-refractivity contribution < 1.29 is 30.0 Å². The molecule has 2 aliphatic carbocycles. The van der Waals surface area contributed by atoms with Gasteiger partial charge in [-0.1, -0.05) is 24.3 Å². The van der Waals surface area contributed by atoms with Gasteiger partial charge in [-0.3, -0.25) is 4.79 Å². The van der Waals surface area contributed by atoms with Crippen molar-refractivity contribution in [2.75, 3.05) is 0 Å². The van der Waals surface area contributed by atoms with Crippen LogP contribution in [0.5, 0.6) is 0 Å². The van der Waals surface area contributed by atoms with Crippen molar-refractivity contribution in [3.63, 3.8) is 0 Å². The van der Waals surface area contributed by atoms with E-state index in [9.17, 15) is 9.90 Å². The molecule has 1 atom stereocenters. The zero-order valence-corrected chi connectivity index (χ0v) is 19.5. The fourth-order valence-corrected chi connectivity index (χ4v) is 4.44. The van der Waals surface area contributed by atoms with Crippen LogP contribution in [0.3, 0.4) is 0 Å². The van der Waals surface area contributed by atoms with Crippen LogP contribution in [0.15, 0.2) is 66.1 Å². The summed E-state index contributed by atoms with van der Waals surface area (Å²) in [6.07, 6.45) is 7.57. The molecule has 1 N–H and O–H groups in total. The van der Waals surface area contributed by atoms with Gasteiger partial charge in [0.1, 0.15) is 0 Å². The molecule has 1 aromatic heterocycles. The first kappa shape index (κ1) is 22.4. The summed E-state index contributed by atoms with van der Waals surface area (Å²) in [6.45, 7) is 2.09. The average Bonchev–Trinajstić information content (AvgIpc) is 2.76. The number of carbonyl (C=O) groups excluding carboxylic acids is 1. The third kappa shape index (κ3) is 4.71. The number of hydrogen-bond acceptors (Lipinski definition) is 3. The monoisotopic (exact) mass is 577 g/mol. The summed E-state index contributed by atoms with van der Waals surface area (Å²) in [4.78, 5) is 16.0. The maximum Gasteiger partial charge on any atom is 0.162 e. The maximum absolute atomic E-state index is 11.4. The molecule has 1 fully saturated rings. The minimum Gasteiger partial charge on any atom is -0.512 e. The van der Waals surface area contributed by atoms with Crippen molar-refractivity contribution in [1.82, 2.24) is 4.98 Å². The largest absolute Gasteiger partial charge is 0.512 e. The molecule has 0 aliphatic heterocycles. The Kier molecular flexibility index (Phi) is 7.58. The summed E-state index contributed by atoms with van der Waals surface area (Å²) in [7, 11) is 0. The fourth-order valence-electron chi connectivity index (χ4n) is 4.44. The van der Waals surface area contributed by atoms with E-state index in [1.807, 2.05) is 30.5 Å². The molecule has 157 valence electrons. The number of fused-ring (bicyclic) bond motifs is 2. The summed E-state index contributed by atoms with van der Waals surface area (Å²) in [6, 6.07) is 19.6. The molecule has 0 saturated heterocycles. The predicted octanol–water partition coefficient (Wildman–Crippen LogP) is 6.36. The molecule has 0 spiro atoms. The van der Waals surface area contributed by atoms with Crippen LogP contribution in [0.4, 0.5) is 0 Å². The zero-order chi connectivity index (χ0) is 20.2. The first-order valence-corrected chi connectivity index (χ1v) is 10.4. The average molecular weight is 577 g/mol. The third-order valence-electron chi connectivity index (χ3n) is 5.90. The van der Waals surface area contributed by atoms with Crippen LogP contribution in [0, 0.1) is 18.9 Å².